The maximum atomic E-state index is 14.1. The zero-order chi connectivity index (χ0) is 15.7. The lowest BCUT2D eigenvalue weighted by Gasteiger charge is -2.20. The first-order valence-electron chi connectivity index (χ1n) is 5.73. The summed E-state index contributed by atoms with van der Waals surface area (Å²) in [4.78, 5) is 12.6. The van der Waals surface area contributed by atoms with Crippen LogP contribution in [0, 0.1) is 11.7 Å². The van der Waals surface area contributed by atoms with Crippen molar-refractivity contribution in [3.63, 3.8) is 0 Å². The van der Waals surface area contributed by atoms with Gasteiger partial charge in [0, 0.05) is 29.3 Å². The standard InChI is InChI=1S/C12H14Cl2FNO3S/c1-7(2)6-16(3)12(17)9-4-8(13)5-10(11(9)15)20(14,18)19/h4-5,7H,6H2,1-3H3. The molecule has 20 heavy (non-hydrogen) atoms. The van der Waals surface area contributed by atoms with Gasteiger partial charge >= 0.3 is 0 Å². The summed E-state index contributed by atoms with van der Waals surface area (Å²) in [5.41, 5.74) is -0.417. The average molecular weight is 342 g/mol. The molecule has 8 heteroatoms. The molecular formula is C12H14Cl2FNO3S. The second-order valence-corrected chi connectivity index (χ2v) is 7.75. The van der Waals surface area contributed by atoms with E-state index in [1.54, 1.807) is 0 Å². The molecule has 0 aliphatic heterocycles. The van der Waals surface area contributed by atoms with Crippen LogP contribution in [0.4, 0.5) is 4.39 Å². The van der Waals surface area contributed by atoms with Gasteiger partial charge < -0.3 is 4.90 Å². The summed E-state index contributed by atoms with van der Waals surface area (Å²) in [6.45, 7) is 4.19. The Balaban J connectivity index is 3.33. The first kappa shape index (κ1) is 17.2. The number of hydrogen-bond acceptors (Lipinski definition) is 3. The van der Waals surface area contributed by atoms with Crippen LogP contribution in [0.2, 0.25) is 5.02 Å². The Bertz CT molecular complexity index is 632. The smallest absolute Gasteiger partial charge is 0.264 e. The molecule has 0 spiro atoms. The van der Waals surface area contributed by atoms with Gasteiger partial charge in [0.25, 0.3) is 15.0 Å². The van der Waals surface area contributed by atoms with Gasteiger partial charge in [-0.05, 0) is 18.1 Å². The second-order valence-electron chi connectivity index (χ2n) is 4.78. The summed E-state index contributed by atoms with van der Waals surface area (Å²) in [6.07, 6.45) is 0. The lowest BCUT2D eigenvalue weighted by molar-refractivity contribution is 0.0774. The summed E-state index contributed by atoms with van der Waals surface area (Å²) in [7, 11) is 2.30. The fourth-order valence-electron chi connectivity index (χ4n) is 1.73. The number of hydrogen-bond donors (Lipinski definition) is 0. The van der Waals surface area contributed by atoms with Crippen LogP contribution < -0.4 is 0 Å². The Hall–Kier alpha value is -0.850. The van der Waals surface area contributed by atoms with Gasteiger partial charge in [-0.3, -0.25) is 4.79 Å². The minimum absolute atomic E-state index is 0.0769. The predicted octanol–water partition coefficient (Wildman–Crippen LogP) is 3.13. The predicted molar refractivity (Wildman–Crippen MR) is 76.2 cm³/mol. The number of rotatable bonds is 4. The van der Waals surface area contributed by atoms with Crippen LogP contribution in [0.3, 0.4) is 0 Å². The second kappa shape index (κ2) is 6.28. The van der Waals surface area contributed by atoms with Crippen LogP contribution >= 0.6 is 22.3 Å². The molecule has 4 nitrogen and oxygen atoms in total. The van der Waals surface area contributed by atoms with Crippen LogP contribution in [0.15, 0.2) is 17.0 Å². The summed E-state index contributed by atoms with van der Waals surface area (Å²) in [5.74, 6) is -1.66. The van der Waals surface area contributed by atoms with Crippen molar-refractivity contribution in [3.8, 4) is 0 Å². The number of halogens is 3. The highest BCUT2D eigenvalue weighted by Crippen LogP contribution is 2.27. The van der Waals surface area contributed by atoms with Gasteiger partial charge in [0.05, 0.1) is 5.56 Å². The van der Waals surface area contributed by atoms with Gasteiger partial charge in [0.2, 0.25) is 0 Å². The van der Waals surface area contributed by atoms with E-state index in [0.29, 0.717) is 6.54 Å². The number of nitrogens with zero attached hydrogens (tertiary/aromatic N) is 1. The zero-order valence-corrected chi connectivity index (χ0v) is 13.5. The van der Waals surface area contributed by atoms with Gasteiger partial charge in [-0.1, -0.05) is 25.4 Å². The fourth-order valence-corrected chi connectivity index (χ4v) is 2.95. The molecule has 1 aromatic rings. The largest absolute Gasteiger partial charge is 0.341 e. The maximum absolute atomic E-state index is 14.1. The quantitative estimate of drug-likeness (QED) is 0.790. The third-order valence-electron chi connectivity index (χ3n) is 2.48. The van der Waals surface area contributed by atoms with Crippen LogP contribution in [0.25, 0.3) is 0 Å². The van der Waals surface area contributed by atoms with Gasteiger partial charge in [-0.2, -0.15) is 0 Å². The van der Waals surface area contributed by atoms with Gasteiger partial charge in [0.15, 0.2) is 5.82 Å². The average Bonchev–Trinajstić information content (AvgIpc) is 2.28. The van der Waals surface area contributed by atoms with E-state index in [2.05, 4.69) is 0 Å². The molecule has 0 heterocycles. The zero-order valence-electron chi connectivity index (χ0n) is 11.2. The van der Waals surface area contributed by atoms with Crippen LogP contribution in [0.5, 0.6) is 0 Å². The van der Waals surface area contributed by atoms with Crippen molar-refractivity contribution < 1.29 is 17.6 Å². The van der Waals surface area contributed by atoms with E-state index in [-0.39, 0.29) is 10.9 Å². The fraction of sp³-hybridized carbons (Fsp3) is 0.417. The van der Waals surface area contributed by atoms with Crippen molar-refractivity contribution in [3.05, 3.63) is 28.5 Å². The topological polar surface area (TPSA) is 54.5 Å². The highest BCUT2D eigenvalue weighted by molar-refractivity contribution is 8.13. The third kappa shape index (κ3) is 4.07. The van der Waals surface area contributed by atoms with E-state index in [0.717, 1.165) is 12.1 Å². The number of carbonyl (C=O) groups is 1. The minimum atomic E-state index is -4.32. The summed E-state index contributed by atoms with van der Waals surface area (Å²) in [6, 6.07) is 1.96. The van der Waals surface area contributed by atoms with E-state index in [1.165, 1.54) is 11.9 Å². The molecule has 1 rings (SSSR count). The molecule has 0 saturated heterocycles. The molecule has 1 aromatic carbocycles. The van der Waals surface area contributed by atoms with Gasteiger partial charge in [-0.15, -0.1) is 0 Å². The van der Waals surface area contributed by atoms with Crippen molar-refractivity contribution in [2.45, 2.75) is 18.7 Å². The van der Waals surface area contributed by atoms with Crippen LogP contribution in [0.1, 0.15) is 24.2 Å². The molecule has 0 radical (unpaired) electrons. The Morgan fingerprint density at radius 1 is 1.40 bits per heavy atom. The third-order valence-corrected chi connectivity index (χ3v) is 4.02. The molecule has 112 valence electrons. The molecule has 0 aliphatic rings. The lowest BCUT2D eigenvalue weighted by atomic mass is 10.1. The summed E-state index contributed by atoms with van der Waals surface area (Å²) >= 11 is 5.72. The molecule has 0 N–H and O–H groups in total. The Morgan fingerprint density at radius 3 is 2.40 bits per heavy atom. The highest BCUT2D eigenvalue weighted by Gasteiger charge is 2.25. The van der Waals surface area contributed by atoms with E-state index in [9.17, 15) is 17.6 Å². The highest BCUT2D eigenvalue weighted by atomic mass is 35.7. The van der Waals surface area contributed by atoms with E-state index in [4.69, 9.17) is 22.3 Å². The molecular weight excluding hydrogens is 328 g/mol. The molecule has 0 atom stereocenters. The Labute approximate surface area is 126 Å². The SMILES string of the molecule is CC(C)CN(C)C(=O)c1cc(Cl)cc(S(=O)(=O)Cl)c1F. The normalized spacial score (nSPS) is 11.8. The first-order chi connectivity index (χ1) is 9.04. The molecule has 0 bridgehead atoms. The van der Waals surface area contributed by atoms with Gasteiger partial charge in [-0.25, -0.2) is 12.8 Å². The Kier molecular flexibility index (Phi) is 5.40. The number of benzene rings is 1. The monoisotopic (exact) mass is 341 g/mol. The summed E-state index contributed by atoms with van der Waals surface area (Å²) in [5, 5.41) is -0.0769. The first-order valence-corrected chi connectivity index (χ1v) is 8.42. The maximum Gasteiger partial charge on any atom is 0.264 e. The van der Waals surface area contributed by atoms with E-state index >= 15 is 0 Å². The van der Waals surface area contributed by atoms with Crippen LogP contribution in [-0.4, -0.2) is 32.8 Å². The molecule has 0 fully saturated rings. The van der Waals surface area contributed by atoms with E-state index < -0.39 is 31.2 Å². The van der Waals surface area contributed by atoms with Crippen molar-refractivity contribution in [2.24, 2.45) is 5.92 Å². The van der Waals surface area contributed by atoms with Crippen molar-refractivity contribution >= 4 is 37.2 Å². The van der Waals surface area contributed by atoms with Crippen LogP contribution in [-0.2, 0) is 9.05 Å². The number of carbonyl (C=O) groups excluding carboxylic acids is 1. The lowest BCUT2D eigenvalue weighted by Crippen LogP contribution is -2.31. The number of amides is 1. The molecule has 0 unspecified atom stereocenters. The molecule has 0 aliphatic carbocycles. The molecule has 1 amide bonds. The van der Waals surface area contributed by atoms with Crippen molar-refractivity contribution in [2.75, 3.05) is 13.6 Å². The molecule has 0 saturated carbocycles. The Morgan fingerprint density at radius 2 is 1.95 bits per heavy atom. The molecule has 0 aromatic heterocycles. The summed E-state index contributed by atoms with van der Waals surface area (Å²) < 4.78 is 36.7. The van der Waals surface area contributed by atoms with Crippen molar-refractivity contribution in [1.82, 2.24) is 4.90 Å². The van der Waals surface area contributed by atoms with Crippen molar-refractivity contribution in [1.29, 1.82) is 0 Å². The van der Waals surface area contributed by atoms with Gasteiger partial charge in [0.1, 0.15) is 4.90 Å². The minimum Gasteiger partial charge on any atom is -0.341 e. The van der Waals surface area contributed by atoms with E-state index in [1.807, 2.05) is 13.8 Å².